The van der Waals surface area contributed by atoms with Crippen molar-refractivity contribution in [3.8, 4) is 0 Å². The van der Waals surface area contributed by atoms with Crippen LogP contribution >= 0.6 is 0 Å². The highest BCUT2D eigenvalue weighted by molar-refractivity contribution is 7.89. The second-order valence-electron chi connectivity index (χ2n) is 3.58. The van der Waals surface area contributed by atoms with Gasteiger partial charge < -0.3 is 10.4 Å². The Hall–Kier alpha value is -1.79. The first kappa shape index (κ1) is 16.3. The fourth-order valence-corrected chi connectivity index (χ4v) is 1.61. The molecule has 0 unspecified atom stereocenters. The molecule has 1 aromatic heterocycles. The van der Waals surface area contributed by atoms with Crippen LogP contribution in [-0.4, -0.2) is 35.6 Å². The molecule has 0 aliphatic carbocycles. The molecule has 0 saturated carbocycles. The summed E-state index contributed by atoms with van der Waals surface area (Å²) in [5.74, 6) is -2.76. The number of alkyl halides is 3. The predicted octanol–water partition coefficient (Wildman–Crippen LogP) is -0.639. The molecule has 0 aromatic carbocycles. The van der Waals surface area contributed by atoms with Gasteiger partial charge in [0.05, 0.1) is 5.69 Å². The van der Waals surface area contributed by atoms with Crippen molar-refractivity contribution in [3.05, 3.63) is 17.5 Å². The highest BCUT2D eigenvalue weighted by Crippen LogP contribution is 2.13. The molecule has 1 aliphatic heterocycles. The number of hydrogen-bond acceptors (Lipinski definition) is 6. The molecular formula is C8H9F3N4O4S. The molecule has 1 aliphatic rings. The minimum Gasteiger partial charge on any atom is -0.475 e. The lowest BCUT2D eigenvalue weighted by Crippen LogP contribution is -2.21. The van der Waals surface area contributed by atoms with Gasteiger partial charge in [0.1, 0.15) is 0 Å². The maximum atomic E-state index is 10.9. The molecule has 0 spiro atoms. The van der Waals surface area contributed by atoms with Crippen molar-refractivity contribution >= 4 is 16.0 Å². The Bertz CT molecular complexity index is 617. The number of carboxylic acids is 1. The Balaban J connectivity index is 0.000000246. The van der Waals surface area contributed by atoms with Gasteiger partial charge in [-0.3, -0.25) is 0 Å². The maximum Gasteiger partial charge on any atom is 0.490 e. The van der Waals surface area contributed by atoms with Crippen molar-refractivity contribution in [2.24, 2.45) is 5.14 Å². The molecule has 2 heterocycles. The zero-order valence-electron chi connectivity index (χ0n) is 9.68. The Kier molecular flexibility index (Phi) is 4.62. The Morgan fingerprint density at radius 2 is 1.95 bits per heavy atom. The number of carbonyl (C=O) groups is 1. The van der Waals surface area contributed by atoms with Crippen molar-refractivity contribution in [3.63, 3.8) is 0 Å². The summed E-state index contributed by atoms with van der Waals surface area (Å²) < 4.78 is 53.5. The maximum absolute atomic E-state index is 10.9. The third kappa shape index (κ3) is 4.40. The second-order valence-corrected chi connectivity index (χ2v) is 5.03. The van der Waals surface area contributed by atoms with Crippen LogP contribution in [0, 0.1) is 0 Å². The molecule has 0 fully saturated rings. The number of primary sulfonamides is 1. The lowest BCUT2D eigenvalue weighted by Gasteiger charge is -1.98. The number of halogens is 3. The number of rotatable bonds is 1. The van der Waals surface area contributed by atoms with Crippen LogP contribution in [0.25, 0.3) is 0 Å². The molecule has 2 rings (SSSR count). The molecule has 0 saturated heterocycles. The van der Waals surface area contributed by atoms with Crippen LogP contribution in [0.15, 0.2) is 11.4 Å². The van der Waals surface area contributed by atoms with E-state index in [9.17, 15) is 21.6 Å². The van der Waals surface area contributed by atoms with E-state index < -0.39 is 22.2 Å². The SMILES string of the molecule is NS(=O)(=O)c1ncc2c(n1)CNC2.O=C(O)C(F)(F)F. The van der Waals surface area contributed by atoms with Crippen molar-refractivity contribution < 1.29 is 31.5 Å². The van der Waals surface area contributed by atoms with Gasteiger partial charge in [0.15, 0.2) is 0 Å². The summed E-state index contributed by atoms with van der Waals surface area (Å²) in [4.78, 5) is 16.4. The monoisotopic (exact) mass is 314 g/mol. The molecule has 12 heteroatoms. The molecule has 4 N–H and O–H groups in total. The number of aliphatic carboxylic acids is 1. The zero-order chi connectivity index (χ0) is 15.6. The molecule has 0 radical (unpaired) electrons. The van der Waals surface area contributed by atoms with Gasteiger partial charge in [-0.2, -0.15) is 13.2 Å². The van der Waals surface area contributed by atoms with E-state index in [1.165, 1.54) is 6.20 Å². The van der Waals surface area contributed by atoms with Gasteiger partial charge >= 0.3 is 12.1 Å². The summed E-state index contributed by atoms with van der Waals surface area (Å²) in [7, 11) is -3.77. The van der Waals surface area contributed by atoms with Crippen LogP contribution in [-0.2, 0) is 27.9 Å². The van der Waals surface area contributed by atoms with Crippen LogP contribution < -0.4 is 10.5 Å². The topological polar surface area (TPSA) is 135 Å². The molecule has 112 valence electrons. The van der Waals surface area contributed by atoms with Gasteiger partial charge in [0.25, 0.3) is 15.2 Å². The van der Waals surface area contributed by atoms with E-state index in [0.29, 0.717) is 18.8 Å². The number of sulfonamides is 1. The van der Waals surface area contributed by atoms with Crippen molar-refractivity contribution in [1.29, 1.82) is 0 Å². The van der Waals surface area contributed by atoms with E-state index in [1.807, 2.05) is 0 Å². The molecule has 1 aromatic rings. The molecule has 0 bridgehead atoms. The fourth-order valence-electron chi connectivity index (χ4n) is 1.18. The Morgan fingerprint density at radius 1 is 1.40 bits per heavy atom. The summed E-state index contributed by atoms with van der Waals surface area (Å²) in [6.45, 7) is 1.25. The highest BCUT2D eigenvalue weighted by Gasteiger charge is 2.38. The van der Waals surface area contributed by atoms with Crippen LogP contribution in [0.5, 0.6) is 0 Å². The van der Waals surface area contributed by atoms with Crippen LogP contribution in [0.4, 0.5) is 13.2 Å². The fraction of sp³-hybridized carbons (Fsp3) is 0.375. The van der Waals surface area contributed by atoms with Gasteiger partial charge in [-0.15, -0.1) is 0 Å². The number of fused-ring (bicyclic) bond motifs is 1. The first-order valence-electron chi connectivity index (χ1n) is 4.90. The van der Waals surface area contributed by atoms with Crippen LogP contribution in [0.2, 0.25) is 0 Å². The number of carboxylic acid groups (broad SMARTS) is 1. The summed E-state index contributed by atoms with van der Waals surface area (Å²) >= 11 is 0. The van der Waals surface area contributed by atoms with Gasteiger partial charge in [-0.25, -0.2) is 28.3 Å². The minimum absolute atomic E-state index is 0.310. The summed E-state index contributed by atoms with van der Waals surface area (Å²) in [5, 5.41) is 14.7. The highest BCUT2D eigenvalue weighted by atomic mass is 32.2. The van der Waals surface area contributed by atoms with E-state index in [1.54, 1.807) is 0 Å². The van der Waals surface area contributed by atoms with Crippen molar-refractivity contribution in [2.75, 3.05) is 0 Å². The molecule has 0 atom stereocenters. The second kappa shape index (κ2) is 5.68. The lowest BCUT2D eigenvalue weighted by molar-refractivity contribution is -0.192. The smallest absolute Gasteiger partial charge is 0.475 e. The molecule has 8 nitrogen and oxygen atoms in total. The number of nitrogens with zero attached hydrogens (tertiary/aromatic N) is 2. The number of aromatic nitrogens is 2. The van der Waals surface area contributed by atoms with Gasteiger partial charge in [0.2, 0.25) is 0 Å². The molecule has 0 amide bonds. The normalized spacial score (nSPS) is 14.2. The van der Waals surface area contributed by atoms with E-state index in [4.69, 9.17) is 15.0 Å². The summed E-state index contributed by atoms with van der Waals surface area (Å²) in [5.41, 5.74) is 1.63. The quantitative estimate of drug-likeness (QED) is 0.587. The standard InChI is InChI=1S/C6H8N4O2S.C2HF3O2/c7-13(11,12)6-9-2-4-1-8-3-5(4)10-6;3-2(4,5)1(6)7/h2,8H,1,3H2,(H2,7,11,12);(H,6,7). The Morgan fingerprint density at radius 3 is 2.40 bits per heavy atom. The first-order chi connectivity index (χ1) is 9.01. The summed E-state index contributed by atoms with van der Waals surface area (Å²) in [6, 6.07) is 0. The number of nitrogens with one attached hydrogen (secondary N) is 1. The van der Waals surface area contributed by atoms with Gasteiger partial charge in [-0.05, 0) is 0 Å². The zero-order valence-corrected chi connectivity index (χ0v) is 10.5. The van der Waals surface area contributed by atoms with E-state index in [0.717, 1.165) is 5.56 Å². The van der Waals surface area contributed by atoms with E-state index in [2.05, 4.69) is 15.3 Å². The minimum atomic E-state index is -5.08. The average molecular weight is 314 g/mol. The molecule has 20 heavy (non-hydrogen) atoms. The predicted molar refractivity (Wildman–Crippen MR) is 57.6 cm³/mol. The Labute approximate surface area is 110 Å². The van der Waals surface area contributed by atoms with E-state index >= 15 is 0 Å². The first-order valence-corrected chi connectivity index (χ1v) is 6.45. The van der Waals surface area contributed by atoms with Gasteiger partial charge in [0, 0.05) is 24.8 Å². The number of hydrogen-bond donors (Lipinski definition) is 3. The van der Waals surface area contributed by atoms with Gasteiger partial charge in [-0.1, -0.05) is 0 Å². The average Bonchev–Trinajstić information content (AvgIpc) is 2.73. The third-order valence-electron chi connectivity index (χ3n) is 2.04. The third-order valence-corrected chi connectivity index (χ3v) is 2.74. The van der Waals surface area contributed by atoms with Crippen LogP contribution in [0.3, 0.4) is 0 Å². The summed E-state index contributed by atoms with van der Waals surface area (Å²) in [6.07, 6.45) is -3.60. The molecular weight excluding hydrogens is 305 g/mol. The lowest BCUT2D eigenvalue weighted by atomic mass is 10.3. The van der Waals surface area contributed by atoms with Crippen molar-refractivity contribution in [2.45, 2.75) is 24.4 Å². The van der Waals surface area contributed by atoms with Crippen molar-refractivity contribution in [1.82, 2.24) is 15.3 Å². The van der Waals surface area contributed by atoms with E-state index in [-0.39, 0.29) is 5.16 Å². The van der Waals surface area contributed by atoms with Crippen LogP contribution in [0.1, 0.15) is 11.3 Å². The number of nitrogens with two attached hydrogens (primary N) is 1. The largest absolute Gasteiger partial charge is 0.490 e.